The van der Waals surface area contributed by atoms with Gasteiger partial charge in [-0.2, -0.15) is 0 Å². The lowest BCUT2D eigenvalue weighted by atomic mass is 10.1. The number of carbonyl (C=O) groups is 1. The molecule has 0 radical (unpaired) electrons. The van der Waals surface area contributed by atoms with Gasteiger partial charge >= 0.3 is 0 Å². The first-order valence-corrected chi connectivity index (χ1v) is 6.48. The van der Waals surface area contributed by atoms with Crippen LogP contribution < -0.4 is 10.6 Å². The molecule has 0 fully saturated rings. The maximum absolute atomic E-state index is 13.0. The van der Waals surface area contributed by atoms with Crippen molar-refractivity contribution < 1.29 is 9.18 Å². The molecule has 0 atom stereocenters. The molecule has 104 valence electrons. The molecular weight excluding hydrogens is 243 g/mol. The van der Waals surface area contributed by atoms with Crippen LogP contribution in [0.1, 0.15) is 25.8 Å². The average Bonchev–Trinajstić information content (AvgIpc) is 2.39. The van der Waals surface area contributed by atoms with Gasteiger partial charge in [0.2, 0.25) is 5.91 Å². The van der Waals surface area contributed by atoms with Crippen molar-refractivity contribution in [3.63, 3.8) is 0 Å². The molecule has 0 bridgehead atoms. The lowest BCUT2D eigenvalue weighted by Crippen LogP contribution is -2.29. The van der Waals surface area contributed by atoms with Crippen LogP contribution in [-0.2, 0) is 11.2 Å². The molecule has 0 saturated carbocycles. The summed E-state index contributed by atoms with van der Waals surface area (Å²) in [6.07, 6.45) is 1.30. The number of rotatable bonds is 6. The van der Waals surface area contributed by atoms with Crippen molar-refractivity contribution in [1.82, 2.24) is 10.6 Å². The Morgan fingerprint density at radius 1 is 1.37 bits per heavy atom. The van der Waals surface area contributed by atoms with Gasteiger partial charge in [0.05, 0.1) is 0 Å². The van der Waals surface area contributed by atoms with Gasteiger partial charge in [0.1, 0.15) is 5.82 Å². The fraction of sp³-hybridized carbons (Fsp3) is 0.400. The van der Waals surface area contributed by atoms with E-state index in [-0.39, 0.29) is 11.7 Å². The SMILES string of the molecule is CC/C(C(=O)NCCc1cccc(F)c1)=C(\C)NC. The number of amides is 1. The van der Waals surface area contributed by atoms with Crippen molar-refractivity contribution in [3.05, 3.63) is 46.9 Å². The number of benzene rings is 1. The molecule has 2 N–H and O–H groups in total. The minimum atomic E-state index is -0.246. The molecule has 19 heavy (non-hydrogen) atoms. The van der Waals surface area contributed by atoms with E-state index in [4.69, 9.17) is 0 Å². The maximum atomic E-state index is 13.0. The summed E-state index contributed by atoms with van der Waals surface area (Å²) < 4.78 is 13.0. The summed E-state index contributed by atoms with van der Waals surface area (Å²) >= 11 is 0. The highest BCUT2D eigenvalue weighted by Crippen LogP contribution is 2.07. The highest BCUT2D eigenvalue weighted by Gasteiger charge is 2.09. The lowest BCUT2D eigenvalue weighted by molar-refractivity contribution is -0.117. The third-order valence-electron chi connectivity index (χ3n) is 3.04. The van der Waals surface area contributed by atoms with Crippen molar-refractivity contribution in [3.8, 4) is 0 Å². The number of hydrogen-bond acceptors (Lipinski definition) is 2. The van der Waals surface area contributed by atoms with Crippen molar-refractivity contribution in [2.24, 2.45) is 0 Å². The van der Waals surface area contributed by atoms with Gasteiger partial charge in [0.15, 0.2) is 0 Å². The number of hydrogen-bond donors (Lipinski definition) is 2. The molecule has 0 heterocycles. The van der Waals surface area contributed by atoms with E-state index in [2.05, 4.69) is 10.6 Å². The predicted octanol–water partition coefficient (Wildman–Crippen LogP) is 2.39. The van der Waals surface area contributed by atoms with Gasteiger partial charge in [0.25, 0.3) is 0 Å². The standard InChI is InChI=1S/C15H21FN2O/c1-4-14(11(2)17-3)15(19)18-9-8-12-6-5-7-13(16)10-12/h5-7,10,17H,4,8-9H2,1-3H3,(H,18,19)/b14-11-. The van der Waals surface area contributed by atoms with Gasteiger partial charge < -0.3 is 10.6 Å². The zero-order valence-electron chi connectivity index (χ0n) is 11.7. The Bertz CT molecular complexity index is 469. The van der Waals surface area contributed by atoms with E-state index in [0.29, 0.717) is 19.4 Å². The van der Waals surface area contributed by atoms with Crippen molar-refractivity contribution in [2.75, 3.05) is 13.6 Å². The Kier molecular flexibility index (Phi) is 6.06. The fourth-order valence-corrected chi connectivity index (χ4v) is 1.87. The summed E-state index contributed by atoms with van der Waals surface area (Å²) in [7, 11) is 1.80. The topological polar surface area (TPSA) is 41.1 Å². The molecule has 0 unspecified atom stereocenters. The summed E-state index contributed by atoms with van der Waals surface area (Å²) in [4.78, 5) is 11.9. The molecule has 1 amide bonds. The molecule has 0 aliphatic rings. The summed E-state index contributed by atoms with van der Waals surface area (Å²) in [5, 5.41) is 5.84. The molecule has 1 rings (SSSR count). The number of carbonyl (C=O) groups excluding carboxylic acids is 1. The number of allylic oxidation sites excluding steroid dienone is 1. The van der Waals surface area contributed by atoms with Crippen LogP contribution in [0.4, 0.5) is 4.39 Å². The van der Waals surface area contributed by atoms with Crippen LogP contribution in [0.15, 0.2) is 35.5 Å². The summed E-state index contributed by atoms with van der Waals surface area (Å²) in [6, 6.07) is 6.43. The summed E-state index contributed by atoms with van der Waals surface area (Å²) in [6.45, 7) is 4.33. The van der Waals surface area contributed by atoms with E-state index in [0.717, 1.165) is 16.8 Å². The normalized spacial score (nSPS) is 11.8. The highest BCUT2D eigenvalue weighted by molar-refractivity contribution is 5.93. The van der Waals surface area contributed by atoms with Crippen LogP contribution in [0.2, 0.25) is 0 Å². The molecule has 0 aliphatic carbocycles. The second-order valence-electron chi connectivity index (χ2n) is 4.34. The van der Waals surface area contributed by atoms with Crippen LogP contribution >= 0.6 is 0 Å². The number of nitrogens with one attached hydrogen (secondary N) is 2. The van der Waals surface area contributed by atoms with Crippen LogP contribution in [-0.4, -0.2) is 19.5 Å². The Morgan fingerprint density at radius 3 is 2.68 bits per heavy atom. The van der Waals surface area contributed by atoms with E-state index in [1.54, 1.807) is 13.1 Å². The highest BCUT2D eigenvalue weighted by atomic mass is 19.1. The zero-order chi connectivity index (χ0) is 14.3. The molecule has 3 nitrogen and oxygen atoms in total. The zero-order valence-corrected chi connectivity index (χ0v) is 11.7. The molecule has 0 saturated heterocycles. The van der Waals surface area contributed by atoms with Gasteiger partial charge in [-0.1, -0.05) is 19.1 Å². The van der Waals surface area contributed by atoms with E-state index in [9.17, 15) is 9.18 Å². The van der Waals surface area contributed by atoms with E-state index in [1.165, 1.54) is 12.1 Å². The first-order chi connectivity index (χ1) is 9.08. The van der Waals surface area contributed by atoms with Crippen LogP contribution in [0.5, 0.6) is 0 Å². The smallest absolute Gasteiger partial charge is 0.248 e. The molecule has 1 aromatic carbocycles. The van der Waals surface area contributed by atoms with E-state index >= 15 is 0 Å². The first kappa shape index (κ1) is 15.2. The van der Waals surface area contributed by atoms with Crippen molar-refractivity contribution >= 4 is 5.91 Å². The van der Waals surface area contributed by atoms with Crippen molar-refractivity contribution in [1.29, 1.82) is 0 Å². The Morgan fingerprint density at radius 2 is 2.11 bits per heavy atom. The Balaban J connectivity index is 2.51. The molecule has 0 aliphatic heterocycles. The quantitative estimate of drug-likeness (QED) is 0.775. The van der Waals surface area contributed by atoms with Gasteiger partial charge in [-0.3, -0.25) is 4.79 Å². The van der Waals surface area contributed by atoms with Crippen LogP contribution in [0.25, 0.3) is 0 Å². The summed E-state index contributed by atoms with van der Waals surface area (Å²) in [5.74, 6) is -0.310. The Labute approximate surface area is 113 Å². The van der Waals surface area contributed by atoms with Crippen molar-refractivity contribution in [2.45, 2.75) is 26.7 Å². The number of halogens is 1. The first-order valence-electron chi connectivity index (χ1n) is 6.48. The minimum Gasteiger partial charge on any atom is -0.391 e. The third-order valence-corrected chi connectivity index (χ3v) is 3.04. The second-order valence-corrected chi connectivity index (χ2v) is 4.34. The van der Waals surface area contributed by atoms with Gasteiger partial charge in [-0.15, -0.1) is 0 Å². The third kappa shape index (κ3) is 4.73. The molecule has 4 heteroatoms. The van der Waals surface area contributed by atoms with Gasteiger partial charge in [-0.05, 0) is 37.5 Å². The fourth-order valence-electron chi connectivity index (χ4n) is 1.87. The molecular formula is C15H21FN2O. The lowest BCUT2D eigenvalue weighted by Gasteiger charge is -2.11. The predicted molar refractivity (Wildman–Crippen MR) is 75.2 cm³/mol. The monoisotopic (exact) mass is 264 g/mol. The maximum Gasteiger partial charge on any atom is 0.248 e. The largest absolute Gasteiger partial charge is 0.391 e. The summed E-state index contributed by atoms with van der Waals surface area (Å²) in [5.41, 5.74) is 2.51. The minimum absolute atomic E-state index is 0.0641. The second kappa shape index (κ2) is 7.56. The van der Waals surface area contributed by atoms with Crippen LogP contribution in [0, 0.1) is 5.82 Å². The van der Waals surface area contributed by atoms with E-state index in [1.807, 2.05) is 19.9 Å². The average molecular weight is 264 g/mol. The molecule has 1 aromatic rings. The molecule has 0 spiro atoms. The van der Waals surface area contributed by atoms with Gasteiger partial charge in [-0.25, -0.2) is 4.39 Å². The van der Waals surface area contributed by atoms with Gasteiger partial charge in [0, 0.05) is 24.9 Å². The van der Waals surface area contributed by atoms with Crippen LogP contribution in [0.3, 0.4) is 0 Å². The molecule has 0 aromatic heterocycles. The Hall–Kier alpha value is -1.84. The van der Waals surface area contributed by atoms with E-state index < -0.39 is 0 Å².